The lowest BCUT2D eigenvalue weighted by atomic mass is 10.0. The van der Waals surface area contributed by atoms with Crippen LogP contribution in [0.4, 0.5) is 0 Å². The normalized spacial score (nSPS) is 19.2. The summed E-state index contributed by atoms with van der Waals surface area (Å²) < 4.78 is 5.80. The molecular weight excluding hydrogens is 239 g/mol. The number of hydrogen-bond donors (Lipinski definition) is 0. The summed E-state index contributed by atoms with van der Waals surface area (Å²) in [6.45, 7) is 0. The standard InChI is InChI=1S/C13H8ClOP/c14-16-11-6-2-4-9-7-8-3-1-5-10(15-16)12(8)13(9)11/h1-6H,7H2. The highest BCUT2D eigenvalue weighted by Crippen LogP contribution is 2.55. The summed E-state index contributed by atoms with van der Waals surface area (Å²) in [7, 11) is -1.00. The van der Waals surface area contributed by atoms with Crippen LogP contribution < -0.4 is 9.83 Å². The van der Waals surface area contributed by atoms with Crippen LogP contribution in [0.3, 0.4) is 0 Å². The van der Waals surface area contributed by atoms with Gasteiger partial charge in [0.2, 0.25) is 7.50 Å². The molecule has 2 aromatic rings. The van der Waals surface area contributed by atoms with Crippen LogP contribution in [0.2, 0.25) is 0 Å². The van der Waals surface area contributed by atoms with E-state index in [0.29, 0.717) is 0 Å². The average molecular weight is 247 g/mol. The molecule has 1 heterocycles. The lowest BCUT2D eigenvalue weighted by molar-refractivity contribution is 0.633. The van der Waals surface area contributed by atoms with Gasteiger partial charge in [-0.15, -0.1) is 0 Å². The van der Waals surface area contributed by atoms with E-state index in [-0.39, 0.29) is 0 Å². The van der Waals surface area contributed by atoms with Crippen LogP contribution >= 0.6 is 18.7 Å². The topological polar surface area (TPSA) is 9.23 Å². The molecule has 0 N–H and O–H groups in total. The van der Waals surface area contributed by atoms with E-state index in [1.54, 1.807) is 0 Å². The Kier molecular flexibility index (Phi) is 1.69. The van der Waals surface area contributed by atoms with Gasteiger partial charge in [0.25, 0.3) is 0 Å². The van der Waals surface area contributed by atoms with Crippen LogP contribution in [0, 0.1) is 0 Å². The second-order valence-corrected chi connectivity index (χ2v) is 6.19. The molecule has 0 spiro atoms. The molecule has 2 aliphatic rings. The third-order valence-electron chi connectivity index (χ3n) is 3.24. The molecule has 78 valence electrons. The number of hydrogen-bond acceptors (Lipinski definition) is 1. The highest BCUT2D eigenvalue weighted by Gasteiger charge is 2.32. The SMILES string of the molecule is ClP1Oc2cccc3c2-c2c(cccc21)C3. The zero-order valence-corrected chi connectivity index (χ0v) is 10.1. The van der Waals surface area contributed by atoms with Crippen molar-refractivity contribution in [3.05, 3.63) is 47.5 Å². The molecule has 1 unspecified atom stereocenters. The average Bonchev–Trinajstić information content (AvgIpc) is 2.67. The van der Waals surface area contributed by atoms with Gasteiger partial charge in [-0.2, -0.15) is 0 Å². The lowest BCUT2D eigenvalue weighted by Crippen LogP contribution is -2.10. The minimum Gasteiger partial charge on any atom is -0.453 e. The minimum atomic E-state index is -1.00. The fourth-order valence-corrected chi connectivity index (χ4v) is 4.30. The Hall–Kier alpha value is -1.04. The Balaban J connectivity index is 2.16. The summed E-state index contributed by atoms with van der Waals surface area (Å²) in [5.74, 6) is 0.955. The third-order valence-corrected chi connectivity index (χ3v) is 5.10. The Morgan fingerprint density at radius 1 is 1.00 bits per heavy atom. The Morgan fingerprint density at radius 3 is 2.62 bits per heavy atom. The van der Waals surface area contributed by atoms with E-state index in [1.807, 2.05) is 12.1 Å². The van der Waals surface area contributed by atoms with Crippen molar-refractivity contribution in [1.29, 1.82) is 0 Å². The van der Waals surface area contributed by atoms with Gasteiger partial charge in [0.1, 0.15) is 5.75 Å². The first kappa shape index (κ1) is 9.04. The summed E-state index contributed by atoms with van der Waals surface area (Å²) in [5.41, 5.74) is 5.35. The van der Waals surface area contributed by atoms with Gasteiger partial charge in [0.15, 0.2) is 0 Å². The zero-order valence-electron chi connectivity index (χ0n) is 8.40. The molecule has 3 heteroatoms. The molecule has 2 aromatic carbocycles. The number of halogens is 1. The highest BCUT2D eigenvalue weighted by molar-refractivity contribution is 7.86. The molecule has 1 atom stereocenters. The molecule has 1 aliphatic heterocycles. The first-order valence-electron chi connectivity index (χ1n) is 5.22. The molecule has 0 saturated heterocycles. The first-order valence-corrected chi connectivity index (χ1v) is 7.39. The minimum absolute atomic E-state index is 0.955. The van der Waals surface area contributed by atoms with Crippen LogP contribution in [-0.4, -0.2) is 0 Å². The second-order valence-electron chi connectivity index (χ2n) is 4.11. The van der Waals surface area contributed by atoms with Crippen molar-refractivity contribution in [1.82, 2.24) is 0 Å². The van der Waals surface area contributed by atoms with Crippen molar-refractivity contribution in [2.45, 2.75) is 6.42 Å². The Morgan fingerprint density at radius 2 is 1.75 bits per heavy atom. The lowest BCUT2D eigenvalue weighted by Gasteiger charge is -2.23. The van der Waals surface area contributed by atoms with E-state index in [4.69, 9.17) is 15.8 Å². The van der Waals surface area contributed by atoms with Crippen molar-refractivity contribution >= 4 is 24.0 Å². The molecule has 0 bridgehead atoms. The van der Waals surface area contributed by atoms with Crippen LogP contribution in [-0.2, 0) is 6.42 Å². The molecule has 16 heavy (non-hydrogen) atoms. The monoisotopic (exact) mass is 246 g/mol. The Labute approximate surface area is 99.6 Å². The van der Waals surface area contributed by atoms with Crippen LogP contribution in [0.1, 0.15) is 11.1 Å². The smallest absolute Gasteiger partial charge is 0.215 e. The second kappa shape index (κ2) is 3.00. The van der Waals surface area contributed by atoms with E-state index in [1.165, 1.54) is 27.6 Å². The van der Waals surface area contributed by atoms with Gasteiger partial charge < -0.3 is 4.52 Å². The van der Waals surface area contributed by atoms with E-state index < -0.39 is 7.50 Å². The summed E-state index contributed by atoms with van der Waals surface area (Å²) >= 11 is 6.31. The maximum atomic E-state index is 6.31. The molecule has 0 amide bonds. The van der Waals surface area contributed by atoms with E-state index in [9.17, 15) is 0 Å². The quantitative estimate of drug-likeness (QED) is 0.548. The van der Waals surface area contributed by atoms with Gasteiger partial charge in [-0.25, -0.2) is 0 Å². The molecule has 1 aliphatic carbocycles. The zero-order chi connectivity index (χ0) is 10.7. The van der Waals surface area contributed by atoms with Crippen LogP contribution in [0.5, 0.6) is 5.75 Å². The van der Waals surface area contributed by atoms with Gasteiger partial charge in [-0.3, -0.25) is 0 Å². The maximum absolute atomic E-state index is 6.31. The van der Waals surface area contributed by atoms with E-state index in [0.717, 1.165) is 12.2 Å². The molecule has 0 saturated carbocycles. The molecule has 4 rings (SSSR count). The fraction of sp³-hybridized carbons (Fsp3) is 0.0769. The number of rotatable bonds is 0. The summed E-state index contributed by atoms with van der Waals surface area (Å²) in [6.07, 6.45) is 1.01. The largest absolute Gasteiger partial charge is 0.453 e. The van der Waals surface area contributed by atoms with Gasteiger partial charge in [-0.05, 0) is 40.9 Å². The first-order chi connectivity index (χ1) is 7.84. The third kappa shape index (κ3) is 1.00. The van der Waals surface area contributed by atoms with Crippen molar-refractivity contribution < 1.29 is 4.52 Å². The molecule has 0 fully saturated rings. The summed E-state index contributed by atoms with van der Waals surface area (Å²) in [6, 6.07) is 12.6. The highest BCUT2D eigenvalue weighted by atomic mass is 35.7. The van der Waals surface area contributed by atoms with E-state index >= 15 is 0 Å². The summed E-state index contributed by atoms with van der Waals surface area (Å²) in [5, 5.41) is 1.17. The predicted octanol–water partition coefficient (Wildman–Crippen LogP) is 3.83. The van der Waals surface area contributed by atoms with Crippen molar-refractivity contribution in [2.75, 3.05) is 0 Å². The fourth-order valence-electron chi connectivity index (χ4n) is 2.59. The Bertz CT molecular complexity index is 609. The van der Waals surface area contributed by atoms with Gasteiger partial charge in [0, 0.05) is 16.4 Å². The summed E-state index contributed by atoms with van der Waals surface area (Å²) in [4.78, 5) is 0. The van der Waals surface area contributed by atoms with Crippen molar-refractivity contribution in [2.24, 2.45) is 0 Å². The molecule has 0 aromatic heterocycles. The van der Waals surface area contributed by atoms with Crippen molar-refractivity contribution in [3.8, 4) is 16.9 Å². The molecule has 1 nitrogen and oxygen atoms in total. The predicted molar refractivity (Wildman–Crippen MR) is 67.7 cm³/mol. The molecule has 0 radical (unpaired) electrons. The number of benzene rings is 2. The molecular formula is C13H8ClOP. The van der Waals surface area contributed by atoms with Crippen LogP contribution in [0.15, 0.2) is 36.4 Å². The maximum Gasteiger partial charge on any atom is 0.215 e. The van der Waals surface area contributed by atoms with E-state index in [2.05, 4.69) is 24.3 Å². The van der Waals surface area contributed by atoms with Crippen molar-refractivity contribution in [3.63, 3.8) is 0 Å². The van der Waals surface area contributed by atoms with Gasteiger partial charge in [0.05, 0.1) is 0 Å². The van der Waals surface area contributed by atoms with Gasteiger partial charge >= 0.3 is 0 Å². The van der Waals surface area contributed by atoms with Gasteiger partial charge in [-0.1, -0.05) is 24.3 Å². The van der Waals surface area contributed by atoms with Crippen LogP contribution in [0.25, 0.3) is 11.1 Å².